The molecule has 0 radical (unpaired) electrons. The van der Waals surface area contributed by atoms with Crippen molar-refractivity contribution >= 4 is 29.1 Å². The molecule has 114 valence electrons. The number of hydrogen-bond donors (Lipinski definition) is 2. The van der Waals surface area contributed by atoms with Crippen molar-refractivity contribution in [2.24, 2.45) is 17.1 Å². The molecule has 2 saturated carbocycles. The van der Waals surface area contributed by atoms with Crippen molar-refractivity contribution in [3.05, 3.63) is 33.8 Å². The summed E-state index contributed by atoms with van der Waals surface area (Å²) in [5.41, 5.74) is 6.64. The predicted octanol–water partition coefficient (Wildman–Crippen LogP) is 3.63. The van der Waals surface area contributed by atoms with E-state index < -0.39 is 0 Å². The van der Waals surface area contributed by atoms with Gasteiger partial charge in [-0.1, -0.05) is 36.0 Å². The van der Waals surface area contributed by atoms with Crippen LogP contribution >= 0.6 is 23.2 Å². The van der Waals surface area contributed by atoms with Gasteiger partial charge in [0.1, 0.15) is 0 Å². The van der Waals surface area contributed by atoms with E-state index in [1.165, 1.54) is 19.3 Å². The maximum atomic E-state index is 12.3. The summed E-state index contributed by atoms with van der Waals surface area (Å²) >= 11 is 11.9. The Labute approximate surface area is 135 Å². The van der Waals surface area contributed by atoms with Crippen LogP contribution < -0.4 is 11.1 Å². The number of rotatable bonds is 5. The van der Waals surface area contributed by atoms with Crippen LogP contribution in [-0.2, 0) is 0 Å². The number of carbonyl (C=O) groups is 1. The molecule has 1 amide bonds. The molecule has 0 spiro atoms. The summed E-state index contributed by atoms with van der Waals surface area (Å²) in [6.07, 6.45) is 5.87. The molecule has 1 aromatic carbocycles. The molecule has 1 aromatic rings. The van der Waals surface area contributed by atoms with E-state index in [2.05, 4.69) is 5.32 Å². The summed E-state index contributed by atoms with van der Waals surface area (Å²) in [5, 5.41) is 3.96. The average Bonchev–Trinajstić information content (AvgIpc) is 3.18. The van der Waals surface area contributed by atoms with Gasteiger partial charge in [0.25, 0.3) is 5.91 Å². The molecule has 0 unspecified atom stereocenters. The Morgan fingerprint density at radius 3 is 2.62 bits per heavy atom. The molecule has 2 aliphatic carbocycles. The van der Waals surface area contributed by atoms with Crippen molar-refractivity contribution < 1.29 is 4.79 Å². The first-order chi connectivity index (χ1) is 9.97. The van der Waals surface area contributed by atoms with E-state index >= 15 is 0 Å². The van der Waals surface area contributed by atoms with E-state index in [0.717, 1.165) is 18.8 Å². The van der Waals surface area contributed by atoms with Gasteiger partial charge in [-0.25, -0.2) is 0 Å². The number of amides is 1. The molecule has 5 heteroatoms. The smallest absolute Gasteiger partial charge is 0.252 e. The highest BCUT2D eigenvalue weighted by Gasteiger charge is 2.45. The van der Waals surface area contributed by atoms with Crippen molar-refractivity contribution in [1.29, 1.82) is 0 Å². The first kappa shape index (κ1) is 15.1. The van der Waals surface area contributed by atoms with E-state index in [0.29, 0.717) is 28.2 Å². The van der Waals surface area contributed by atoms with E-state index in [9.17, 15) is 4.79 Å². The first-order valence-corrected chi connectivity index (χ1v) is 8.22. The van der Waals surface area contributed by atoms with E-state index in [-0.39, 0.29) is 11.3 Å². The Kier molecular flexibility index (Phi) is 4.17. The Bertz CT molecular complexity index is 551. The minimum absolute atomic E-state index is 0.132. The number of halogens is 2. The Balaban J connectivity index is 1.61. The highest BCUT2D eigenvalue weighted by molar-refractivity contribution is 6.36. The monoisotopic (exact) mass is 326 g/mol. The third-order valence-corrected chi connectivity index (χ3v) is 5.16. The molecule has 0 bridgehead atoms. The van der Waals surface area contributed by atoms with Gasteiger partial charge in [0.15, 0.2) is 0 Å². The zero-order valence-corrected chi connectivity index (χ0v) is 13.4. The molecule has 0 aliphatic heterocycles. The van der Waals surface area contributed by atoms with Crippen LogP contribution in [0.1, 0.15) is 42.5 Å². The van der Waals surface area contributed by atoms with Gasteiger partial charge in [-0.15, -0.1) is 0 Å². The molecule has 0 atom stereocenters. The number of carbonyl (C=O) groups excluding carboxylic acids is 1. The molecule has 3 rings (SSSR count). The SMILES string of the molecule is N[C@H]1C[C@](CNC(=O)c2ccc(Cl)cc2Cl)(CC2CC2)C1. The van der Waals surface area contributed by atoms with Gasteiger partial charge in [-0.05, 0) is 48.8 Å². The van der Waals surface area contributed by atoms with Crippen molar-refractivity contribution in [3.8, 4) is 0 Å². The second-order valence-corrected chi connectivity index (χ2v) is 7.47. The molecule has 2 aliphatic rings. The lowest BCUT2D eigenvalue weighted by molar-refractivity contribution is 0.0709. The number of hydrogen-bond acceptors (Lipinski definition) is 2. The molecule has 2 fully saturated rings. The molecular weight excluding hydrogens is 307 g/mol. The van der Waals surface area contributed by atoms with Gasteiger partial charge in [0.05, 0.1) is 10.6 Å². The topological polar surface area (TPSA) is 55.1 Å². The maximum Gasteiger partial charge on any atom is 0.252 e. The lowest BCUT2D eigenvalue weighted by Crippen LogP contribution is -2.52. The Morgan fingerprint density at radius 2 is 2.05 bits per heavy atom. The summed E-state index contributed by atoms with van der Waals surface area (Å²) in [6.45, 7) is 0.689. The summed E-state index contributed by atoms with van der Waals surface area (Å²) in [5.74, 6) is 0.709. The summed E-state index contributed by atoms with van der Waals surface area (Å²) in [6, 6.07) is 5.23. The lowest BCUT2D eigenvalue weighted by Gasteiger charge is -2.47. The fourth-order valence-corrected chi connectivity index (χ4v) is 3.90. The predicted molar refractivity (Wildman–Crippen MR) is 85.8 cm³/mol. The van der Waals surface area contributed by atoms with Crippen molar-refractivity contribution in [3.63, 3.8) is 0 Å². The van der Waals surface area contributed by atoms with E-state index in [1.807, 2.05) is 0 Å². The van der Waals surface area contributed by atoms with Crippen LogP contribution in [0.25, 0.3) is 0 Å². The molecule has 0 heterocycles. The van der Waals surface area contributed by atoms with Crippen LogP contribution in [0.4, 0.5) is 0 Å². The average molecular weight is 327 g/mol. The third-order valence-electron chi connectivity index (χ3n) is 4.61. The van der Waals surface area contributed by atoms with E-state index in [1.54, 1.807) is 18.2 Å². The van der Waals surface area contributed by atoms with Crippen LogP contribution in [-0.4, -0.2) is 18.5 Å². The summed E-state index contributed by atoms with van der Waals surface area (Å²) < 4.78 is 0. The van der Waals surface area contributed by atoms with E-state index in [4.69, 9.17) is 28.9 Å². The minimum Gasteiger partial charge on any atom is -0.351 e. The first-order valence-electron chi connectivity index (χ1n) is 7.46. The minimum atomic E-state index is -0.132. The van der Waals surface area contributed by atoms with Gasteiger partial charge in [0.2, 0.25) is 0 Å². The Hall–Kier alpha value is -0.770. The number of nitrogens with one attached hydrogen (secondary N) is 1. The highest BCUT2D eigenvalue weighted by Crippen LogP contribution is 2.50. The van der Waals surface area contributed by atoms with Crippen LogP contribution in [0.5, 0.6) is 0 Å². The highest BCUT2D eigenvalue weighted by atomic mass is 35.5. The molecule has 3 nitrogen and oxygen atoms in total. The second kappa shape index (κ2) is 5.79. The largest absolute Gasteiger partial charge is 0.351 e. The fourth-order valence-electron chi connectivity index (χ4n) is 3.41. The molecule has 3 N–H and O–H groups in total. The van der Waals surface area contributed by atoms with Crippen molar-refractivity contribution in [1.82, 2.24) is 5.32 Å². The zero-order chi connectivity index (χ0) is 15.0. The number of benzene rings is 1. The molecule has 0 saturated heterocycles. The Morgan fingerprint density at radius 1 is 1.33 bits per heavy atom. The standard InChI is InChI=1S/C16H20Cl2N2O/c17-11-3-4-13(14(18)5-11)15(21)20-9-16(6-10-1-2-10)7-12(19)8-16/h3-5,10,12H,1-2,6-9,19H2,(H,20,21)/t12-,16+. The van der Waals surface area contributed by atoms with Gasteiger partial charge in [0, 0.05) is 17.6 Å². The van der Waals surface area contributed by atoms with Crippen LogP contribution in [0.15, 0.2) is 18.2 Å². The second-order valence-electron chi connectivity index (χ2n) is 6.62. The van der Waals surface area contributed by atoms with Crippen molar-refractivity contribution in [2.75, 3.05) is 6.54 Å². The van der Waals surface area contributed by atoms with Gasteiger partial charge in [-0.2, -0.15) is 0 Å². The summed E-state index contributed by atoms with van der Waals surface area (Å²) in [4.78, 5) is 12.3. The van der Waals surface area contributed by atoms with Crippen LogP contribution in [0.3, 0.4) is 0 Å². The van der Waals surface area contributed by atoms with Crippen LogP contribution in [0.2, 0.25) is 10.0 Å². The third kappa shape index (κ3) is 3.53. The normalized spacial score (nSPS) is 28.0. The molecule has 21 heavy (non-hydrogen) atoms. The van der Waals surface area contributed by atoms with Gasteiger partial charge in [-0.3, -0.25) is 4.79 Å². The molecular formula is C16H20Cl2N2O. The number of nitrogens with two attached hydrogens (primary N) is 1. The maximum absolute atomic E-state index is 12.3. The summed E-state index contributed by atoms with van der Waals surface area (Å²) in [7, 11) is 0. The fraction of sp³-hybridized carbons (Fsp3) is 0.562. The molecule has 0 aromatic heterocycles. The zero-order valence-electron chi connectivity index (χ0n) is 11.9. The van der Waals surface area contributed by atoms with Crippen molar-refractivity contribution in [2.45, 2.75) is 38.1 Å². The quantitative estimate of drug-likeness (QED) is 0.868. The van der Waals surface area contributed by atoms with Gasteiger partial charge >= 0.3 is 0 Å². The van der Waals surface area contributed by atoms with Crippen LogP contribution in [0, 0.1) is 11.3 Å². The van der Waals surface area contributed by atoms with Gasteiger partial charge < -0.3 is 11.1 Å². The lowest BCUT2D eigenvalue weighted by atomic mass is 9.63.